The summed E-state index contributed by atoms with van der Waals surface area (Å²) in [6.07, 6.45) is 6.57. The average molecular weight is 458 g/mol. The van der Waals surface area contributed by atoms with Gasteiger partial charge in [0.2, 0.25) is 5.91 Å². The van der Waals surface area contributed by atoms with E-state index in [1.807, 2.05) is 34.1 Å². The summed E-state index contributed by atoms with van der Waals surface area (Å²) in [5, 5.41) is 12.4. The molecule has 0 saturated carbocycles. The highest BCUT2D eigenvalue weighted by molar-refractivity contribution is 6.08. The number of hydrogen-bond donors (Lipinski definition) is 2. The number of carboxylic acid groups (broad SMARTS) is 1. The Morgan fingerprint density at radius 1 is 1.12 bits per heavy atom. The lowest BCUT2D eigenvalue weighted by atomic mass is 9.81. The minimum Gasteiger partial charge on any atom is -0.483 e. The van der Waals surface area contributed by atoms with E-state index in [0.717, 1.165) is 37.3 Å². The fourth-order valence-corrected chi connectivity index (χ4v) is 5.33. The monoisotopic (exact) mass is 457 g/mol. The Bertz CT molecular complexity index is 1300. The molecule has 2 aromatic heterocycles. The normalized spacial score (nSPS) is 19.4. The lowest BCUT2D eigenvalue weighted by Gasteiger charge is -2.25. The van der Waals surface area contributed by atoms with Gasteiger partial charge >= 0.3 is 0 Å². The maximum atomic E-state index is 13.7. The van der Waals surface area contributed by atoms with E-state index in [2.05, 4.69) is 57.4 Å². The molecule has 2 aliphatic heterocycles. The van der Waals surface area contributed by atoms with Crippen LogP contribution in [0.1, 0.15) is 17.5 Å². The van der Waals surface area contributed by atoms with Crippen LogP contribution in [-0.4, -0.2) is 56.8 Å². The number of nitrogens with zero attached hydrogens (tertiary/aromatic N) is 4. The molecule has 6 rings (SSSR count). The molecule has 1 amide bonds. The van der Waals surface area contributed by atoms with E-state index in [0.29, 0.717) is 13.1 Å². The number of amides is 1. The van der Waals surface area contributed by atoms with Crippen molar-refractivity contribution in [1.82, 2.24) is 19.7 Å². The van der Waals surface area contributed by atoms with Crippen LogP contribution in [0.25, 0.3) is 10.9 Å². The van der Waals surface area contributed by atoms with Crippen LogP contribution >= 0.6 is 0 Å². The maximum absolute atomic E-state index is 13.7. The molecule has 0 aliphatic carbocycles. The molecule has 1 saturated heterocycles. The fourth-order valence-electron chi connectivity index (χ4n) is 5.33. The molecule has 1 spiro atoms. The first-order valence-electron chi connectivity index (χ1n) is 11.4. The highest BCUT2D eigenvalue weighted by atomic mass is 16.3. The van der Waals surface area contributed by atoms with Gasteiger partial charge in [-0.05, 0) is 59.8 Å². The molecule has 1 fully saturated rings. The molecule has 2 aliphatic rings. The van der Waals surface area contributed by atoms with Crippen molar-refractivity contribution in [2.75, 3.05) is 24.5 Å². The molecule has 0 bridgehead atoms. The minimum absolute atomic E-state index is 0.240. The van der Waals surface area contributed by atoms with E-state index in [1.54, 1.807) is 6.20 Å². The summed E-state index contributed by atoms with van der Waals surface area (Å²) in [5.41, 5.74) is 4.27. The first kappa shape index (κ1) is 21.9. The summed E-state index contributed by atoms with van der Waals surface area (Å²) in [5.74, 6) is 0.240. The number of nitrogens with one attached hydrogen (secondary N) is 1. The van der Waals surface area contributed by atoms with Crippen LogP contribution in [0.3, 0.4) is 0 Å². The Hall–Kier alpha value is -3.91. The van der Waals surface area contributed by atoms with E-state index in [4.69, 9.17) is 9.90 Å². The lowest BCUT2D eigenvalue weighted by Crippen LogP contribution is -2.43. The van der Waals surface area contributed by atoms with E-state index < -0.39 is 5.41 Å². The number of carbonyl (C=O) groups is 2. The predicted octanol–water partition coefficient (Wildman–Crippen LogP) is 3.26. The summed E-state index contributed by atoms with van der Waals surface area (Å²) in [6, 6.07) is 18.9. The Labute approximate surface area is 197 Å². The molecule has 4 aromatic rings. The third kappa shape index (κ3) is 3.86. The molecular formula is C26H27N5O3. The molecular weight excluding hydrogens is 430 g/mol. The summed E-state index contributed by atoms with van der Waals surface area (Å²) < 4.78 is 1.89. The van der Waals surface area contributed by atoms with Gasteiger partial charge in [-0.25, -0.2) is 0 Å². The molecule has 34 heavy (non-hydrogen) atoms. The molecule has 8 heteroatoms. The zero-order valence-corrected chi connectivity index (χ0v) is 18.8. The van der Waals surface area contributed by atoms with Crippen molar-refractivity contribution in [2.45, 2.75) is 24.9 Å². The average Bonchev–Trinajstić information content (AvgIpc) is 3.63. The van der Waals surface area contributed by atoms with Gasteiger partial charge in [0.05, 0.1) is 12.0 Å². The molecule has 2 N–H and O–H groups in total. The summed E-state index contributed by atoms with van der Waals surface area (Å²) in [6.45, 7) is 3.66. The number of H-pyrrole nitrogens is 1. The standard InChI is InChI=1S/C25H25N5O.CH2O2/c31-24-25(9-13-28(18-25)17-19-6-7-22-20(16-19)8-11-26-22)21-4-1-2-5-23(21)30(24)15-14-29-12-3-10-27-29;2-1-3/h1-8,10-12,16,26H,9,13-15,17-18H2;1H,(H,2,3). The second-order valence-electron chi connectivity index (χ2n) is 8.79. The smallest absolute Gasteiger partial charge is 0.290 e. The van der Waals surface area contributed by atoms with Crippen LogP contribution in [0, 0.1) is 0 Å². The van der Waals surface area contributed by atoms with Gasteiger partial charge in [-0.15, -0.1) is 0 Å². The maximum Gasteiger partial charge on any atom is 0.290 e. The topological polar surface area (TPSA) is 94.5 Å². The Kier molecular flexibility index (Phi) is 5.90. The van der Waals surface area contributed by atoms with Crippen molar-refractivity contribution < 1.29 is 14.7 Å². The minimum atomic E-state index is -0.432. The van der Waals surface area contributed by atoms with E-state index in [1.165, 1.54) is 16.5 Å². The summed E-state index contributed by atoms with van der Waals surface area (Å²) in [4.78, 5) is 29.8. The number of anilines is 1. The molecule has 174 valence electrons. The van der Waals surface area contributed by atoms with Crippen LogP contribution in [0.15, 0.2) is 73.2 Å². The van der Waals surface area contributed by atoms with Gasteiger partial charge < -0.3 is 15.0 Å². The van der Waals surface area contributed by atoms with Crippen LogP contribution in [0.2, 0.25) is 0 Å². The predicted molar refractivity (Wildman–Crippen MR) is 130 cm³/mol. The summed E-state index contributed by atoms with van der Waals surface area (Å²) in [7, 11) is 0. The van der Waals surface area contributed by atoms with Crippen LogP contribution in [0.5, 0.6) is 0 Å². The zero-order chi connectivity index (χ0) is 23.5. The van der Waals surface area contributed by atoms with Crippen molar-refractivity contribution >= 4 is 29.0 Å². The fraction of sp³-hybridized carbons (Fsp3) is 0.269. The van der Waals surface area contributed by atoms with Gasteiger partial charge in [-0.3, -0.25) is 19.2 Å². The third-order valence-electron chi connectivity index (χ3n) is 6.85. The zero-order valence-electron chi connectivity index (χ0n) is 18.8. The first-order valence-corrected chi connectivity index (χ1v) is 11.4. The second kappa shape index (κ2) is 9.15. The third-order valence-corrected chi connectivity index (χ3v) is 6.85. The van der Waals surface area contributed by atoms with E-state index in [9.17, 15) is 4.79 Å². The number of hydrogen-bond acceptors (Lipinski definition) is 4. The van der Waals surface area contributed by atoms with Gasteiger partial charge in [-0.2, -0.15) is 5.10 Å². The summed E-state index contributed by atoms with van der Waals surface area (Å²) >= 11 is 0. The second-order valence-corrected chi connectivity index (χ2v) is 8.79. The van der Waals surface area contributed by atoms with Gasteiger partial charge in [0.25, 0.3) is 6.47 Å². The number of para-hydroxylation sites is 1. The molecule has 0 radical (unpaired) electrons. The van der Waals surface area contributed by atoms with Crippen LogP contribution < -0.4 is 4.90 Å². The lowest BCUT2D eigenvalue weighted by molar-refractivity contribution is -0.123. The van der Waals surface area contributed by atoms with Crippen LogP contribution in [0.4, 0.5) is 5.69 Å². The van der Waals surface area contributed by atoms with Gasteiger partial charge in [-0.1, -0.05) is 24.3 Å². The van der Waals surface area contributed by atoms with Crippen molar-refractivity contribution in [3.63, 3.8) is 0 Å². The number of rotatable bonds is 5. The van der Waals surface area contributed by atoms with Crippen molar-refractivity contribution in [2.24, 2.45) is 0 Å². The SMILES string of the molecule is O=C1N(CCn2cccn2)c2ccccc2C12CCN(Cc1ccc3[nH]ccc3c1)C2.O=CO. The molecule has 4 heterocycles. The Morgan fingerprint density at radius 2 is 1.97 bits per heavy atom. The highest BCUT2D eigenvalue weighted by Crippen LogP contribution is 2.47. The van der Waals surface area contributed by atoms with E-state index >= 15 is 0 Å². The largest absolute Gasteiger partial charge is 0.483 e. The highest BCUT2D eigenvalue weighted by Gasteiger charge is 2.53. The van der Waals surface area contributed by atoms with Crippen molar-refractivity contribution in [3.05, 3.63) is 84.3 Å². The number of fused-ring (bicyclic) bond motifs is 3. The number of likely N-dealkylation sites (tertiary alicyclic amines) is 1. The number of aromatic amines is 1. The van der Waals surface area contributed by atoms with Crippen LogP contribution in [-0.2, 0) is 28.1 Å². The number of carbonyl (C=O) groups excluding carboxylic acids is 1. The molecule has 1 unspecified atom stereocenters. The molecule has 2 aromatic carbocycles. The number of benzene rings is 2. The van der Waals surface area contributed by atoms with E-state index in [-0.39, 0.29) is 12.4 Å². The molecule has 1 atom stereocenters. The van der Waals surface area contributed by atoms with Gasteiger partial charge in [0.1, 0.15) is 0 Å². The van der Waals surface area contributed by atoms with Gasteiger partial charge in [0, 0.05) is 49.4 Å². The quantitative estimate of drug-likeness (QED) is 0.449. The van der Waals surface area contributed by atoms with Crippen molar-refractivity contribution in [3.8, 4) is 0 Å². The first-order chi connectivity index (χ1) is 16.6. The number of aromatic nitrogens is 3. The molecule has 8 nitrogen and oxygen atoms in total. The van der Waals surface area contributed by atoms with Gasteiger partial charge in [0.15, 0.2) is 0 Å². The van der Waals surface area contributed by atoms with Crippen molar-refractivity contribution in [1.29, 1.82) is 0 Å². The Balaban J connectivity index is 0.000000764. The Morgan fingerprint density at radius 3 is 2.79 bits per heavy atom.